The van der Waals surface area contributed by atoms with Gasteiger partial charge in [0.05, 0.1) is 5.54 Å². The number of hydrogen-bond donors (Lipinski definition) is 1. The molecule has 2 aliphatic rings. The van der Waals surface area contributed by atoms with Crippen LogP contribution in [0.25, 0.3) is 0 Å². The smallest absolute Gasteiger partial charge is 0.243 e. The van der Waals surface area contributed by atoms with E-state index in [0.29, 0.717) is 18.7 Å². The summed E-state index contributed by atoms with van der Waals surface area (Å²) in [5.41, 5.74) is -0.538. The number of rotatable bonds is 4. The van der Waals surface area contributed by atoms with Crippen molar-refractivity contribution in [2.75, 3.05) is 30.3 Å². The van der Waals surface area contributed by atoms with Crippen LogP contribution in [0.3, 0.4) is 0 Å². The Bertz CT molecular complexity index is 458. The van der Waals surface area contributed by atoms with E-state index in [1.165, 1.54) is 0 Å². The number of nitrogens with one attached hydrogen (secondary N) is 1. The normalized spacial score (nSPS) is 31.5. The third-order valence-electron chi connectivity index (χ3n) is 4.42. The monoisotopic (exact) mass is 320 g/mol. The average Bonchev–Trinajstić information content (AvgIpc) is 2.96. The standard InChI is InChI=1S/C13H24N2O3S2/c1-3-13(6-5-7-14-13)12(16)15-8-9-19-10-11(15)20(17,18)4-2/h11,14H,3-10H2,1-2H3. The molecule has 7 heteroatoms. The summed E-state index contributed by atoms with van der Waals surface area (Å²) in [5.74, 6) is 1.40. The van der Waals surface area contributed by atoms with Gasteiger partial charge in [0.25, 0.3) is 0 Å². The minimum absolute atomic E-state index is 0.0141. The van der Waals surface area contributed by atoms with E-state index in [1.807, 2.05) is 6.92 Å². The molecule has 2 fully saturated rings. The highest BCUT2D eigenvalue weighted by molar-refractivity contribution is 8.01. The van der Waals surface area contributed by atoms with E-state index in [0.717, 1.165) is 25.1 Å². The van der Waals surface area contributed by atoms with Crippen molar-refractivity contribution in [2.45, 2.75) is 44.0 Å². The average molecular weight is 320 g/mol. The van der Waals surface area contributed by atoms with Crippen LogP contribution in [-0.2, 0) is 14.6 Å². The highest BCUT2D eigenvalue weighted by Crippen LogP contribution is 2.30. The number of nitrogens with zero attached hydrogens (tertiary/aromatic N) is 1. The second kappa shape index (κ2) is 6.23. The first-order valence-electron chi connectivity index (χ1n) is 7.32. The van der Waals surface area contributed by atoms with Gasteiger partial charge >= 0.3 is 0 Å². The fourth-order valence-electron chi connectivity index (χ4n) is 3.02. The van der Waals surface area contributed by atoms with Gasteiger partial charge in [-0.15, -0.1) is 0 Å². The zero-order valence-electron chi connectivity index (χ0n) is 12.2. The highest BCUT2D eigenvalue weighted by atomic mass is 32.2. The Morgan fingerprint density at radius 1 is 1.45 bits per heavy atom. The van der Waals surface area contributed by atoms with Crippen LogP contribution in [0, 0.1) is 0 Å². The number of carbonyl (C=O) groups excluding carboxylic acids is 1. The van der Waals surface area contributed by atoms with Crippen molar-refractivity contribution < 1.29 is 13.2 Å². The summed E-state index contributed by atoms with van der Waals surface area (Å²) in [6.07, 6.45) is 2.51. The summed E-state index contributed by atoms with van der Waals surface area (Å²) in [4.78, 5) is 14.5. The largest absolute Gasteiger partial charge is 0.322 e. The van der Waals surface area contributed by atoms with Crippen LogP contribution in [0.1, 0.15) is 33.1 Å². The molecule has 0 bridgehead atoms. The van der Waals surface area contributed by atoms with Crippen LogP contribution in [0.2, 0.25) is 0 Å². The van der Waals surface area contributed by atoms with Gasteiger partial charge in [-0.05, 0) is 25.8 Å². The van der Waals surface area contributed by atoms with Crippen LogP contribution < -0.4 is 5.32 Å². The zero-order valence-corrected chi connectivity index (χ0v) is 13.9. The van der Waals surface area contributed by atoms with Gasteiger partial charge in [0.2, 0.25) is 5.91 Å². The van der Waals surface area contributed by atoms with E-state index < -0.39 is 20.8 Å². The molecule has 2 aliphatic heterocycles. The summed E-state index contributed by atoms with van der Waals surface area (Å²) in [7, 11) is -3.22. The van der Waals surface area contributed by atoms with Gasteiger partial charge < -0.3 is 10.2 Å². The maximum atomic E-state index is 12.9. The first-order valence-corrected chi connectivity index (χ1v) is 10.2. The van der Waals surface area contributed by atoms with E-state index in [-0.39, 0.29) is 11.7 Å². The number of thioether (sulfide) groups is 1. The van der Waals surface area contributed by atoms with Gasteiger partial charge in [-0.1, -0.05) is 13.8 Å². The van der Waals surface area contributed by atoms with Gasteiger partial charge in [-0.2, -0.15) is 11.8 Å². The van der Waals surface area contributed by atoms with Crippen LogP contribution in [-0.4, -0.2) is 60.5 Å². The maximum Gasteiger partial charge on any atom is 0.243 e. The topological polar surface area (TPSA) is 66.5 Å². The Labute approximate surface area is 125 Å². The summed E-state index contributed by atoms with van der Waals surface area (Å²) >= 11 is 1.62. The second-order valence-corrected chi connectivity index (χ2v) is 9.04. The Hall–Kier alpha value is -0.270. The first-order chi connectivity index (χ1) is 9.47. The van der Waals surface area contributed by atoms with E-state index in [2.05, 4.69) is 5.32 Å². The van der Waals surface area contributed by atoms with Crippen molar-refractivity contribution in [3.05, 3.63) is 0 Å². The summed E-state index contributed by atoms with van der Waals surface area (Å²) in [6.45, 7) is 5.03. The van der Waals surface area contributed by atoms with Crippen molar-refractivity contribution >= 4 is 27.5 Å². The lowest BCUT2D eigenvalue weighted by atomic mass is 9.92. The van der Waals surface area contributed by atoms with Crippen molar-refractivity contribution in [3.8, 4) is 0 Å². The molecule has 0 aromatic carbocycles. The van der Waals surface area contributed by atoms with Crippen molar-refractivity contribution in [1.82, 2.24) is 10.2 Å². The molecule has 2 unspecified atom stereocenters. The molecule has 116 valence electrons. The lowest BCUT2D eigenvalue weighted by Gasteiger charge is -2.40. The quantitative estimate of drug-likeness (QED) is 0.832. The maximum absolute atomic E-state index is 12.9. The lowest BCUT2D eigenvalue weighted by Crippen LogP contribution is -2.60. The van der Waals surface area contributed by atoms with E-state index >= 15 is 0 Å². The van der Waals surface area contributed by atoms with Crippen molar-refractivity contribution in [3.63, 3.8) is 0 Å². The molecule has 0 aliphatic carbocycles. The Balaban J connectivity index is 2.26. The van der Waals surface area contributed by atoms with Gasteiger partial charge in [-0.3, -0.25) is 4.79 Å². The zero-order chi connectivity index (χ0) is 14.8. The third-order valence-corrected chi connectivity index (χ3v) is 7.71. The fraction of sp³-hybridized carbons (Fsp3) is 0.923. The minimum atomic E-state index is -3.22. The molecule has 2 atom stereocenters. The highest BCUT2D eigenvalue weighted by Gasteiger charge is 2.46. The SMILES string of the molecule is CCC1(C(=O)N2CCSCC2S(=O)(=O)CC)CCCN1. The predicted octanol–water partition coefficient (Wildman–Crippen LogP) is 0.855. The summed E-state index contributed by atoms with van der Waals surface area (Å²) in [5, 5.41) is 2.67. The van der Waals surface area contributed by atoms with E-state index in [9.17, 15) is 13.2 Å². The molecule has 0 radical (unpaired) electrons. The van der Waals surface area contributed by atoms with Crippen LogP contribution in [0.4, 0.5) is 0 Å². The molecular weight excluding hydrogens is 296 g/mol. The molecule has 2 rings (SSSR count). The van der Waals surface area contributed by atoms with Crippen LogP contribution in [0.5, 0.6) is 0 Å². The number of carbonyl (C=O) groups is 1. The molecule has 5 nitrogen and oxygen atoms in total. The summed E-state index contributed by atoms with van der Waals surface area (Å²) < 4.78 is 24.5. The molecule has 20 heavy (non-hydrogen) atoms. The van der Waals surface area contributed by atoms with Crippen molar-refractivity contribution in [1.29, 1.82) is 0 Å². The number of amides is 1. The molecule has 0 saturated carbocycles. The molecule has 2 heterocycles. The first kappa shape index (κ1) is 16.1. The van der Waals surface area contributed by atoms with Gasteiger partial charge in [0.15, 0.2) is 9.84 Å². The molecule has 1 amide bonds. The molecule has 0 spiro atoms. The van der Waals surface area contributed by atoms with Crippen LogP contribution in [0.15, 0.2) is 0 Å². The summed E-state index contributed by atoms with van der Waals surface area (Å²) in [6, 6.07) is 0. The molecule has 0 aromatic heterocycles. The number of hydrogen-bond acceptors (Lipinski definition) is 5. The predicted molar refractivity (Wildman–Crippen MR) is 82.5 cm³/mol. The minimum Gasteiger partial charge on any atom is -0.322 e. The lowest BCUT2D eigenvalue weighted by molar-refractivity contribution is -0.138. The Morgan fingerprint density at radius 2 is 2.20 bits per heavy atom. The van der Waals surface area contributed by atoms with Crippen molar-refractivity contribution in [2.24, 2.45) is 0 Å². The van der Waals surface area contributed by atoms with Crippen LogP contribution >= 0.6 is 11.8 Å². The Kier molecular flexibility index (Phi) is 5.02. The molecule has 2 saturated heterocycles. The third kappa shape index (κ3) is 2.85. The second-order valence-electron chi connectivity index (χ2n) is 5.45. The number of sulfone groups is 1. The van der Waals surface area contributed by atoms with Gasteiger partial charge in [0.1, 0.15) is 5.37 Å². The van der Waals surface area contributed by atoms with E-state index in [4.69, 9.17) is 0 Å². The molecular formula is C13H24N2O3S2. The fourth-order valence-corrected chi connectivity index (χ4v) is 5.99. The molecule has 1 N–H and O–H groups in total. The van der Waals surface area contributed by atoms with E-state index in [1.54, 1.807) is 23.6 Å². The van der Waals surface area contributed by atoms with Gasteiger partial charge in [0, 0.05) is 23.8 Å². The van der Waals surface area contributed by atoms with Gasteiger partial charge in [-0.25, -0.2) is 8.42 Å². The molecule has 0 aromatic rings. The Morgan fingerprint density at radius 3 is 2.75 bits per heavy atom.